The number of carbonyl (C=O) groups is 1. The number of H-pyrrole nitrogens is 1. The zero-order valence-electron chi connectivity index (χ0n) is 15.7. The largest absolute Gasteiger partial charge is 0.493 e. The van der Waals surface area contributed by atoms with Gasteiger partial charge in [0.1, 0.15) is 0 Å². The molecule has 0 saturated heterocycles. The zero-order chi connectivity index (χ0) is 20.4. The Morgan fingerprint density at radius 2 is 1.71 bits per heavy atom. The number of aromatic nitrogens is 1. The number of benzene rings is 2. The Balaban J connectivity index is 2.00. The van der Waals surface area contributed by atoms with E-state index in [-0.39, 0.29) is 17.1 Å². The fourth-order valence-corrected chi connectivity index (χ4v) is 3.10. The number of nitrogens with zero attached hydrogens (tertiary/aromatic N) is 2. The van der Waals surface area contributed by atoms with E-state index in [1.807, 2.05) is 19.1 Å². The number of methoxy groups -OCH3 is 3. The first-order valence-corrected chi connectivity index (χ1v) is 8.95. The van der Waals surface area contributed by atoms with Gasteiger partial charge in [-0.2, -0.15) is 0 Å². The molecule has 1 heterocycles. The highest BCUT2D eigenvalue weighted by atomic mass is 79.9. The summed E-state index contributed by atoms with van der Waals surface area (Å²) in [6, 6.07) is 6.64. The highest BCUT2D eigenvalue weighted by Crippen LogP contribution is 2.40. The number of carbonyl (C=O) groups excluding carboxylic acids is 1. The topological polar surface area (TPSA) is 106 Å². The standard InChI is InChI=1S/C19H18BrN3O5/c1-9-5-11-13(8-12(9)20)21-19(25)16(11)22-23-18(24)10-6-14(26-2)17(28-4)15(7-10)27-3/h5-8,21,25H,1-4H3. The van der Waals surface area contributed by atoms with Crippen LogP contribution in [0.25, 0.3) is 10.9 Å². The Labute approximate surface area is 169 Å². The van der Waals surface area contributed by atoms with E-state index in [4.69, 9.17) is 14.2 Å². The Bertz CT molecular complexity index is 1070. The van der Waals surface area contributed by atoms with Crippen LogP contribution < -0.4 is 14.2 Å². The number of halogens is 1. The van der Waals surface area contributed by atoms with Crippen molar-refractivity contribution in [1.29, 1.82) is 0 Å². The molecule has 2 aromatic carbocycles. The number of amides is 1. The quantitative estimate of drug-likeness (QED) is 0.541. The summed E-state index contributed by atoms with van der Waals surface area (Å²) in [5.41, 5.74) is 2.02. The van der Waals surface area contributed by atoms with Crippen molar-refractivity contribution in [2.24, 2.45) is 10.2 Å². The van der Waals surface area contributed by atoms with Gasteiger partial charge in [-0.15, -0.1) is 10.2 Å². The van der Waals surface area contributed by atoms with Gasteiger partial charge in [0, 0.05) is 9.86 Å². The second-order valence-corrected chi connectivity index (χ2v) is 6.74. The van der Waals surface area contributed by atoms with Gasteiger partial charge in [-0.3, -0.25) is 4.79 Å². The summed E-state index contributed by atoms with van der Waals surface area (Å²) in [7, 11) is 4.39. The average Bonchev–Trinajstić information content (AvgIpc) is 2.99. The minimum absolute atomic E-state index is 0.172. The van der Waals surface area contributed by atoms with Crippen LogP contribution in [0.1, 0.15) is 15.9 Å². The lowest BCUT2D eigenvalue weighted by Gasteiger charge is -2.12. The van der Waals surface area contributed by atoms with E-state index in [9.17, 15) is 9.90 Å². The van der Waals surface area contributed by atoms with Crippen molar-refractivity contribution in [3.05, 3.63) is 39.9 Å². The number of hydrogen-bond acceptors (Lipinski definition) is 6. The van der Waals surface area contributed by atoms with Gasteiger partial charge in [0.05, 0.1) is 32.4 Å². The molecule has 0 spiro atoms. The van der Waals surface area contributed by atoms with E-state index < -0.39 is 5.91 Å². The van der Waals surface area contributed by atoms with Gasteiger partial charge < -0.3 is 24.3 Å². The van der Waals surface area contributed by atoms with Crippen molar-refractivity contribution >= 4 is 38.4 Å². The van der Waals surface area contributed by atoms with Crippen LogP contribution in [0, 0.1) is 6.92 Å². The van der Waals surface area contributed by atoms with Crippen LogP contribution in [0.5, 0.6) is 23.1 Å². The van der Waals surface area contributed by atoms with E-state index in [0.717, 1.165) is 10.0 Å². The van der Waals surface area contributed by atoms with Gasteiger partial charge >= 0.3 is 0 Å². The molecule has 0 aliphatic heterocycles. The summed E-state index contributed by atoms with van der Waals surface area (Å²) < 4.78 is 16.6. The number of aryl methyl sites for hydroxylation is 1. The molecule has 0 aliphatic carbocycles. The molecular weight excluding hydrogens is 430 g/mol. The Kier molecular flexibility index (Phi) is 5.55. The number of ether oxygens (including phenoxy) is 3. The van der Waals surface area contributed by atoms with Gasteiger partial charge in [-0.25, -0.2) is 0 Å². The normalized spacial score (nSPS) is 11.2. The average molecular weight is 448 g/mol. The first-order valence-electron chi connectivity index (χ1n) is 8.16. The van der Waals surface area contributed by atoms with Gasteiger partial charge in [0.2, 0.25) is 11.6 Å². The third kappa shape index (κ3) is 3.53. The predicted octanol–water partition coefficient (Wildman–Crippen LogP) is 4.89. The monoisotopic (exact) mass is 447 g/mol. The number of azo groups is 1. The lowest BCUT2D eigenvalue weighted by Crippen LogP contribution is -2.00. The second-order valence-electron chi connectivity index (χ2n) is 5.89. The zero-order valence-corrected chi connectivity index (χ0v) is 17.2. The molecule has 146 valence electrons. The first-order chi connectivity index (χ1) is 13.4. The molecule has 0 atom stereocenters. The fraction of sp³-hybridized carbons (Fsp3) is 0.211. The highest BCUT2D eigenvalue weighted by molar-refractivity contribution is 9.10. The lowest BCUT2D eigenvalue weighted by molar-refractivity contribution is 0.0994. The number of fused-ring (bicyclic) bond motifs is 1. The molecule has 1 amide bonds. The molecule has 28 heavy (non-hydrogen) atoms. The summed E-state index contributed by atoms with van der Waals surface area (Å²) in [6.07, 6.45) is 0. The molecule has 0 unspecified atom stereocenters. The SMILES string of the molecule is COc1cc(C(=O)N=Nc2c(O)[nH]c3cc(Br)c(C)cc23)cc(OC)c1OC. The van der Waals surface area contributed by atoms with Gasteiger partial charge in [-0.05, 0) is 36.8 Å². The molecule has 0 radical (unpaired) electrons. The molecule has 8 nitrogen and oxygen atoms in total. The Morgan fingerprint density at radius 3 is 2.29 bits per heavy atom. The molecule has 0 fully saturated rings. The van der Waals surface area contributed by atoms with E-state index in [0.29, 0.717) is 28.2 Å². The maximum atomic E-state index is 12.5. The van der Waals surface area contributed by atoms with Crippen molar-refractivity contribution < 1.29 is 24.1 Å². The van der Waals surface area contributed by atoms with E-state index in [1.165, 1.54) is 33.5 Å². The smallest absolute Gasteiger partial charge is 0.295 e. The molecule has 0 saturated carbocycles. The molecular formula is C19H18BrN3O5. The van der Waals surface area contributed by atoms with Gasteiger partial charge in [-0.1, -0.05) is 15.9 Å². The summed E-state index contributed by atoms with van der Waals surface area (Å²) in [5, 5.41) is 18.5. The van der Waals surface area contributed by atoms with Crippen LogP contribution in [-0.2, 0) is 0 Å². The van der Waals surface area contributed by atoms with Crippen molar-refractivity contribution in [1.82, 2.24) is 4.98 Å². The molecule has 3 aromatic rings. The van der Waals surface area contributed by atoms with Gasteiger partial charge in [0.15, 0.2) is 17.2 Å². The van der Waals surface area contributed by atoms with Gasteiger partial charge in [0.25, 0.3) is 5.91 Å². The van der Waals surface area contributed by atoms with Crippen LogP contribution in [0.2, 0.25) is 0 Å². The van der Waals surface area contributed by atoms with Crippen LogP contribution >= 0.6 is 15.9 Å². The van der Waals surface area contributed by atoms with Crippen LogP contribution in [0.3, 0.4) is 0 Å². The minimum atomic E-state index is -0.623. The number of hydrogen-bond donors (Lipinski definition) is 2. The summed E-state index contributed by atoms with van der Waals surface area (Å²) in [4.78, 5) is 15.3. The van der Waals surface area contributed by atoms with Crippen molar-refractivity contribution in [2.45, 2.75) is 6.92 Å². The Morgan fingerprint density at radius 1 is 1.07 bits per heavy atom. The maximum absolute atomic E-state index is 12.5. The minimum Gasteiger partial charge on any atom is -0.493 e. The van der Waals surface area contributed by atoms with Crippen molar-refractivity contribution in [3.63, 3.8) is 0 Å². The third-order valence-electron chi connectivity index (χ3n) is 4.18. The molecule has 9 heteroatoms. The molecule has 0 bridgehead atoms. The fourth-order valence-electron chi connectivity index (χ4n) is 2.75. The third-order valence-corrected chi connectivity index (χ3v) is 5.04. The molecule has 1 aromatic heterocycles. The number of aromatic hydroxyl groups is 1. The number of rotatable bonds is 5. The first kappa shape index (κ1) is 19.7. The Hall–Kier alpha value is -3.07. The second kappa shape index (κ2) is 7.89. The van der Waals surface area contributed by atoms with Crippen LogP contribution in [0.4, 0.5) is 5.69 Å². The van der Waals surface area contributed by atoms with Crippen molar-refractivity contribution in [2.75, 3.05) is 21.3 Å². The molecule has 0 aliphatic rings. The number of nitrogens with one attached hydrogen (secondary N) is 1. The highest BCUT2D eigenvalue weighted by Gasteiger charge is 2.18. The van der Waals surface area contributed by atoms with Crippen LogP contribution in [-0.4, -0.2) is 37.3 Å². The van der Waals surface area contributed by atoms with Crippen LogP contribution in [0.15, 0.2) is 39.0 Å². The molecule has 3 rings (SSSR count). The summed E-state index contributed by atoms with van der Waals surface area (Å²) in [5.74, 6) is 0.233. The summed E-state index contributed by atoms with van der Waals surface area (Å²) >= 11 is 3.44. The summed E-state index contributed by atoms with van der Waals surface area (Å²) in [6.45, 7) is 1.91. The predicted molar refractivity (Wildman–Crippen MR) is 107 cm³/mol. The van der Waals surface area contributed by atoms with E-state index in [2.05, 4.69) is 31.1 Å². The van der Waals surface area contributed by atoms with E-state index >= 15 is 0 Å². The number of aromatic amines is 1. The molecule has 2 N–H and O–H groups in total. The maximum Gasteiger partial charge on any atom is 0.295 e. The van der Waals surface area contributed by atoms with Crippen molar-refractivity contribution in [3.8, 4) is 23.1 Å². The lowest BCUT2D eigenvalue weighted by atomic mass is 10.1. The van der Waals surface area contributed by atoms with E-state index in [1.54, 1.807) is 0 Å².